The first kappa shape index (κ1) is 81.3. The van der Waals surface area contributed by atoms with E-state index in [0.29, 0.717) is 59.7 Å². The molecule has 4 aromatic heterocycles. The molecule has 9 N–H and O–H groups in total. The summed E-state index contributed by atoms with van der Waals surface area (Å²) in [6.45, 7) is 23.7. The molecule has 8 fully saturated rings. The third-order valence-corrected chi connectivity index (χ3v) is 36.2. The monoisotopic (exact) mass is 1560 g/mol. The van der Waals surface area contributed by atoms with Crippen molar-refractivity contribution in [1.82, 2.24) is 19.9 Å². The lowest BCUT2D eigenvalue weighted by Crippen LogP contribution is -2.55. The second-order valence-corrected chi connectivity index (χ2v) is 41.2. The van der Waals surface area contributed by atoms with Crippen LogP contribution >= 0.6 is 0 Å². The number of aromatic nitrogens is 4. The molecule has 618 valence electrons. The van der Waals surface area contributed by atoms with Crippen molar-refractivity contribution in [3.63, 3.8) is 0 Å². The van der Waals surface area contributed by atoms with Crippen molar-refractivity contribution in [1.29, 1.82) is 0 Å². The fourth-order valence-electron chi connectivity index (χ4n) is 30.8. The van der Waals surface area contributed by atoms with Gasteiger partial charge < -0.3 is 50.7 Å². The summed E-state index contributed by atoms with van der Waals surface area (Å²) >= 11 is 0. The molecule has 4 heterocycles. The van der Waals surface area contributed by atoms with E-state index >= 15 is 0 Å². The Morgan fingerprint density at radius 1 is 0.339 bits per heavy atom. The van der Waals surface area contributed by atoms with Gasteiger partial charge in [0.1, 0.15) is 5.76 Å². The first-order valence-electron chi connectivity index (χ1n) is 44.9. The van der Waals surface area contributed by atoms with Crippen LogP contribution in [0.2, 0.25) is 0 Å². The Labute approximate surface area is 685 Å². The van der Waals surface area contributed by atoms with Gasteiger partial charge in [0, 0.05) is 72.4 Å². The molecule has 0 unspecified atom stereocenters. The molecule has 0 radical (unpaired) electrons. The Kier molecular flexibility index (Phi) is 21.6. The largest absolute Gasteiger partial charge is 0.501 e. The molecule has 8 saturated carbocycles. The second-order valence-electron chi connectivity index (χ2n) is 41.2. The number of nitrogens with zero attached hydrogens (tertiary/aromatic N) is 4. The number of hydrogen-bond acceptors (Lipinski definition) is 14. The van der Waals surface area contributed by atoms with Gasteiger partial charge in [-0.05, 0) is 342 Å². The highest BCUT2D eigenvalue weighted by Crippen LogP contribution is 2.73. The molecule has 0 saturated heterocycles. The zero-order chi connectivity index (χ0) is 80.8. The van der Waals surface area contributed by atoms with Gasteiger partial charge in [-0.25, -0.2) is 0 Å². The summed E-state index contributed by atoms with van der Waals surface area (Å²) in [5, 5.41) is 96.7. The smallest absolute Gasteiger partial charge is 0.100 e. The standard InChI is InChI=1S/C26H35NO2.2C25H33NO3.C25H33NO2/c1-4-26-10-8-20-23(22(29)14-18-13-19(28)7-9-25(18,20)3)21(26)12-16(2)24(26)17-6-5-11-27-15-17;1-24-8-6-17(27)11-16(24)12-20(28)22-18(24)7-9-25(2)19(22)13-21(29-3)23(25)15-5-4-10-26-14-15;1-15-10-20-22-19(24(2)7-5-18(28)11-17(24)12-21(22)29)6-8-25(20,14-27)23(15)16-4-3-9-26-13-16;1-15-11-20-22-19(24(2)8-6-18(27)12-17(24)13-21(22)28)7-9-25(20,3)23(15)16-5-4-10-26-14-16/h5-6,11,14-15,19-23,28-29H,4,7-10,12-13H2,1-3H3;4-5,10,12,14,17-20,22,27-28H,6-9,11,13H2,1-3H3;3-4,9,12-13,18-22,27-29H,5-8,10-11,14H2,1-2H3;4-5,10,13-14,18-22,27-28H,6-9,11-12H2,1-3H3/t19-,20-,21-,22-,23+,25-,26-;17-,18-,19-,20-,22+,24-,25-;18-,19-,20-,21-,22+,24-,25+;18-,19-,20-,21-,22+,24-,25-/m0000/s1. The van der Waals surface area contributed by atoms with Gasteiger partial charge in [0.05, 0.1) is 62.5 Å². The Hall–Kier alpha value is -6.04. The molecule has 14 nitrogen and oxygen atoms in total. The molecule has 0 bridgehead atoms. The number of rotatable bonds is 7. The van der Waals surface area contributed by atoms with Gasteiger partial charge in [0.15, 0.2) is 0 Å². The highest BCUT2D eigenvalue weighted by atomic mass is 16.5. The van der Waals surface area contributed by atoms with Crippen LogP contribution in [0, 0.1) is 114 Å². The van der Waals surface area contributed by atoms with Gasteiger partial charge in [-0.15, -0.1) is 0 Å². The van der Waals surface area contributed by atoms with Crippen LogP contribution in [0.5, 0.6) is 0 Å². The van der Waals surface area contributed by atoms with Gasteiger partial charge in [-0.3, -0.25) is 19.9 Å². The minimum absolute atomic E-state index is 0.00753. The predicted molar refractivity (Wildman–Crippen MR) is 453 cm³/mol. The second kappa shape index (κ2) is 30.6. The maximum atomic E-state index is 11.4. The van der Waals surface area contributed by atoms with Crippen molar-refractivity contribution < 1.29 is 50.7 Å². The summed E-state index contributed by atoms with van der Waals surface area (Å²) in [4.78, 5) is 17.5. The average molecular weight is 1560 g/mol. The lowest BCUT2D eigenvalue weighted by molar-refractivity contribution is -0.0885. The summed E-state index contributed by atoms with van der Waals surface area (Å²) in [6, 6.07) is 16.7. The predicted octanol–water partition coefficient (Wildman–Crippen LogP) is 18.0. The van der Waals surface area contributed by atoms with E-state index in [1.165, 1.54) is 91.7 Å². The van der Waals surface area contributed by atoms with E-state index < -0.39 is 12.2 Å². The van der Waals surface area contributed by atoms with Gasteiger partial charge in [0.2, 0.25) is 0 Å². The number of aliphatic hydroxyl groups is 9. The molecule has 20 rings (SSSR count). The van der Waals surface area contributed by atoms with Crippen LogP contribution in [0.1, 0.15) is 252 Å². The van der Waals surface area contributed by atoms with E-state index in [0.717, 1.165) is 152 Å². The maximum Gasteiger partial charge on any atom is 0.100 e. The van der Waals surface area contributed by atoms with Crippen molar-refractivity contribution in [2.24, 2.45) is 114 Å². The molecular weight excluding hydrogens is 1430 g/mol. The molecule has 115 heavy (non-hydrogen) atoms. The van der Waals surface area contributed by atoms with Gasteiger partial charge in [-0.1, -0.05) is 136 Å². The first-order chi connectivity index (χ1) is 55.0. The van der Waals surface area contributed by atoms with Crippen LogP contribution in [0.15, 0.2) is 167 Å². The van der Waals surface area contributed by atoms with E-state index in [4.69, 9.17) is 4.74 Å². The van der Waals surface area contributed by atoms with Crippen LogP contribution in [-0.4, -0.2) is 128 Å². The highest BCUT2D eigenvalue weighted by molar-refractivity contribution is 5.78. The van der Waals surface area contributed by atoms with E-state index in [-0.39, 0.29) is 104 Å². The lowest BCUT2D eigenvalue weighted by Gasteiger charge is -2.59. The summed E-state index contributed by atoms with van der Waals surface area (Å²) < 4.78 is 5.92. The van der Waals surface area contributed by atoms with Crippen LogP contribution in [0.25, 0.3) is 22.3 Å². The third kappa shape index (κ3) is 12.9. The molecule has 16 aliphatic rings. The molecule has 4 aromatic rings. The van der Waals surface area contributed by atoms with Crippen LogP contribution in [0.3, 0.4) is 0 Å². The van der Waals surface area contributed by atoms with Crippen LogP contribution in [-0.2, 0) is 4.74 Å². The molecule has 0 amide bonds. The first-order valence-corrected chi connectivity index (χ1v) is 44.9. The zero-order valence-electron chi connectivity index (χ0n) is 70.7. The van der Waals surface area contributed by atoms with Crippen LogP contribution in [0.4, 0.5) is 0 Å². The number of methoxy groups -OCH3 is 1. The van der Waals surface area contributed by atoms with Crippen molar-refractivity contribution >= 4 is 22.3 Å². The SMILES string of the molecule is CC1=C(c2cccnc2)[C@@]2(C)CC[C@H]3[C@@H]([C@@H](O)C=C4C[C@@H](O)CC[C@@]43C)[C@@H]2C1.CC1=C(c2cccnc2)[C@@]2(CO)CC[C@H]3[C@@H]([C@@H](O)C=C4C[C@@H](O)CC[C@@]43C)[C@@H]2C1.CC[C@]12CC[C@H]3[C@@H]([C@@H](O)C=C4C[C@@H](O)CC[C@@]43C)[C@@H]1CC(C)=C2c1cccnc1.COC1=C(c2cccnc2)[C@@]2(C)CC[C@H]3[C@@H]([C@@H](O)C=C4C[C@@H](O)CC[C@@]43C)[C@@H]2C1. The van der Waals surface area contributed by atoms with Crippen molar-refractivity contribution in [2.45, 2.75) is 279 Å². The van der Waals surface area contributed by atoms with Crippen molar-refractivity contribution in [2.75, 3.05) is 13.7 Å². The number of pyridine rings is 4. The topological polar surface area (TPSA) is 243 Å². The van der Waals surface area contributed by atoms with E-state index in [9.17, 15) is 46.0 Å². The Morgan fingerprint density at radius 2 is 0.626 bits per heavy atom. The normalized spacial score (nSPS) is 44.3. The number of hydrogen-bond donors (Lipinski definition) is 9. The Morgan fingerprint density at radius 3 is 0.974 bits per heavy atom. The fourth-order valence-corrected chi connectivity index (χ4v) is 30.8. The van der Waals surface area contributed by atoms with Crippen molar-refractivity contribution in [3.8, 4) is 0 Å². The number of allylic oxidation sites excluding steroid dienone is 7. The summed E-state index contributed by atoms with van der Waals surface area (Å²) in [5.74, 6) is 5.61. The lowest BCUT2D eigenvalue weighted by atomic mass is 9.46. The van der Waals surface area contributed by atoms with Crippen LogP contribution < -0.4 is 0 Å². The maximum absolute atomic E-state index is 11.4. The minimum atomic E-state index is -0.495. The molecule has 0 aliphatic heterocycles. The fraction of sp³-hybridized carbons (Fsp3) is 0.644. The number of ether oxygens (including phenoxy) is 1. The van der Waals surface area contributed by atoms with E-state index in [2.05, 4.69) is 144 Å². The number of aliphatic hydroxyl groups excluding tert-OH is 9. The molecule has 16 aliphatic carbocycles. The molecule has 14 heteroatoms. The van der Waals surface area contributed by atoms with Crippen molar-refractivity contribution in [3.05, 3.63) is 189 Å². The average Bonchev–Trinajstić information content (AvgIpc) is 1.63. The Balaban J connectivity index is 0.000000111. The molecule has 28 atom stereocenters. The van der Waals surface area contributed by atoms with E-state index in [1.807, 2.05) is 61.6 Å². The summed E-state index contributed by atoms with van der Waals surface area (Å²) in [6.07, 6.45) is 45.6. The molecule has 0 spiro atoms. The number of fused-ring (bicyclic) bond motifs is 20. The third-order valence-electron chi connectivity index (χ3n) is 36.2. The van der Waals surface area contributed by atoms with E-state index in [1.54, 1.807) is 13.3 Å². The van der Waals surface area contributed by atoms with Gasteiger partial charge >= 0.3 is 0 Å². The zero-order valence-corrected chi connectivity index (χ0v) is 70.7. The molecular formula is C101H134N4O10. The summed E-state index contributed by atoms with van der Waals surface area (Å²) in [5.41, 5.74) is 20.3. The highest BCUT2D eigenvalue weighted by Gasteiger charge is 2.66. The van der Waals surface area contributed by atoms with Gasteiger partial charge in [0.25, 0.3) is 0 Å². The summed E-state index contributed by atoms with van der Waals surface area (Å²) in [7, 11) is 1.78. The quantitative estimate of drug-likeness (QED) is 0.0782. The van der Waals surface area contributed by atoms with Gasteiger partial charge in [-0.2, -0.15) is 0 Å². The Bertz CT molecular complexity index is 4430. The minimum Gasteiger partial charge on any atom is -0.501 e. The molecule has 0 aromatic carbocycles.